The molecular formula is C35H45FN4O4. The number of fused-ring (bicyclic) bond motifs is 1. The van der Waals surface area contributed by atoms with Gasteiger partial charge in [0.05, 0.1) is 11.1 Å². The number of halogens is 1. The summed E-state index contributed by atoms with van der Waals surface area (Å²) >= 11 is 0. The fraction of sp³-hybridized carbons (Fsp3) is 0.400. The predicted octanol–water partition coefficient (Wildman–Crippen LogP) is 7.58. The van der Waals surface area contributed by atoms with Gasteiger partial charge in [-0.1, -0.05) is 48.9 Å². The summed E-state index contributed by atoms with van der Waals surface area (Å²) in [4.78, 5) is 35.9. The molecule has 0 unspecified atom stereocenters. The molecule has 2 N–H and O–H groups in total. The largest absolute Gasteiger partial charge is 0.360 e. The van der Waals surface area contributed by atoms with Crippen molar-refractivity contribution in [2.45, 2.75) is 84.7 Å². The smallest absolute Gasteiger partial charge is 0.267 e. The molecule has 44 heavy (non-hydrogen) atoms. The maximum atomic E-state index is 13.8. The van der Waals surface area contributed by atoms with Crippen LogP contribution in [0, 0.1) is 13.8 Å². The number of benzene rings is 1. The van der Waals surface area contributed by atoms with Crippen LogP contribution in [-0.4, -0.2) is 46.8 Å². The molecule has 0 spiro atoms. The second-order valence-electron chi connectivity index (χ2n) is 11.6. The molecule has 0 aliphatic heterocycles. The Morgan fingerprint density at radius 1 is 1.09 bits per heavy atom. The first-order valence-corrected chi connectivity index (χ1v) is 14.6. The van der Waals surface area contributed by atoms with E-state index in [9.17, 15) is 9.18 Å². The number of alkyl halides is 1. The lowest BCUT2D eigenvalue weighted by Crippen LogP contribution is -2.31. The van der Waals surface area contributed by atoms with Gasteiger partial charge in [0.15, 0.2) is 0 Å². The summed E-state index contributed by atoms with van der Waals surface area (Å²) in [5.74, 6) is 0.625. The van der Waals surface area contributed by atoms with Crippen molar-refractivity contribution in [2.75, 3.05) is 6.54 Å². The van der Waals surface area contributed by atoms with Gasteiger partial charge in [0.25, 0.3) is 5.91 Å². The van der Waals surface area contributed by atoms with Crippen molar-refractivity contribution in [1.82, 2.24) is 20.4 Å². The highest BCUT2D eigenvalue weighted by Gasteiger charge is 2.59. The molecule has 8 nitrogen and oxygen atoms in total. The Hall–Kier alpha value is -4.40. The third kappa shape index (κ3) is 8.81. The van der Waals surface area contributed by atoms with Crippen molar-refractivity contribution >= 4 is 30.5 Å². The second kappa shape index (κ2) is 15.9. The quantitative estimate of drug-likeness (QED) is 0.150. The minimum Gasteiger partial charge on any atom is -0.360 e. The van der Waals surface area contributed by atoms with Gasteiger partial charge in [0.2, 0.25) is 0 Å². The number of allylic oxidation sites excluding steroid dienone is 1. The van der Waals surface area contributed by atoms with E-state index in [0.717, 1.165) is 65.5 Å². The summed E-state index contributed by atoms with van der Waals surface area (Å²) in [7, 11) is 0. The minimum atomic E-state index is -1.21. The van der Waals surface area contributed by atoms with Crippen molar-refractivity contribution in [2.24, 2.45) is 0 Å². The number of rotatable bonds is 9. The third-order valence-electron chi connectivity index (χ3n) is 7.69. The summed E-state index contributed by atoms with van der Waals surface area (Å²) in [6, 6.07) is 12.3. The Morgan fingerprint density at radius 2 is 1.77 bits per heavy atom. The number of aromatic nitrogens is 3. The lowest BCUT2D eigenvalue weighted by atomic mass is 9.87. The average molecular weight is 605 g/mol. The highest BCUT2D eigenvalue weighted by molar-refractivity contribution is 5.97. The van der Waals surface area contributed by atoms with E-state index in [-0.39, 0.29) is 5.91 Å². The number of H-pyrrole nitrogens is 1. The second-order valence-corrected chi connectivity index (χ2v) is 11.6. The number of nitrogens with one attached hydrogen (secondary N) is 2. The zero-order chi connectivity index (χ0) is 33.1. The molecular weight excluding hydrogens is 559 g/mol. The maximum Gasteiger partial charge on any atom is 0.267 e. The van der Waals surface area contributed by atoms with Gasteiger partial charge in [-0.25, -0.2) is 9.37 Å². The molecule has 4 aromatic rings. The lowest BCUT2D eigenvalue weighted by molar-refractivity contribution is -0.0987. The van der Waals surface area contributed by atoms with Crippen LogP contribution in [0.25, 0.3) is 22.2 Å². The van der Waals surface area contributed by atoms with Crippen molar-refractivity contribution in [3.8, 4) is 11.1 Å². The zero-order valence-corrected chi connectivity index (χ0v) is 26.8. The Labute approximate surface area is 259 Å². The number of carbonyl (C=O) groups excluding carboxylic acids is 3. The van der Waals surface area contributed by atoms with Gasteiger partial charge in [-0.3, -0.25) is 4.79 Å². The van der Waals surface area contributed by atoms with Crippen LogP contribution in [0.1, 0.15) is 86.4 Å². The van der Waals surface area contributed by atoms with Crippen molar-refractivity contribution in [3.05, 3.63) is 83.0 Å². The molecule has 3 aromatic heterocycles. The van der Waals surface area contributed by atoms with Gasteiger partial charge in [-0.2, -0.15) is 0 Å². The molecule has 9 heteroatoms. The maximum absolute atomic E-state index is 13.8. The molecule has 1 aliphatic rings. The van der Waals surface area contributed by atoms with Crippen LogP contribution < -0.4 is 5.32 Å². The molecule has 1 fully saturated rings. The van der Waals surface area contributed by atoms with Crippen LogP contribution in [0.3, 0.4) is 0 Å². The summed E-state index contributed by atoms with van der Waals surface area (Å²) < 4.78 is 19.0. The van der Waals surface area contributed by atoms with Crippen LogP contribution in [0.4, 0.5) is 4.39 Å². The summed E-state index contributed by atoms with van der Waals surface area (Å²) in [5.41, 5.74) is 6.39. The number of unbranched alkanes of at least 4 members (excludes halogenated alkanes) is 1. The Kier molecular flexibility index (Phi) is 12.9. The van der Waals surface area contributed by atoms with E-state index in [1.54, 1.807) is 13.8 Å². The van der Waals surface area contributed by atoms with Crippen molar-refractivity contribution < 1.29 is 23.3 Å². The molecule has 1 aromatic carbocycles. The lowest BCUT2D eigenvalue weighted by Gasteiger charge is -2.23. The van der Waals surface area contributed by atoms with Crippen LogP contribution >= 0.6 is 0 Å². The molecule has 1 aliphatic carbocycles. The summed E-state index contributed by atoms with van der Waals surface area (Å²) in [6.45, 7) is 20.0. The predicted molar refractivity (Wildman–Crippen MR) is 174 cm³/mol. The van der Waals surface area contributed by atoms with E-state index in [0.29, 0.717) is 18.0 Å². The molecule has 0 bridgehead atoms. The highest BCUT2D eigenvalue weighted by atomic mass is 19.1. The van der Waals surface area contributed by atoms with E-state index < -0.39 is 11.1 Å². The monoisotopic (exact) mass is 604 g/mol. The number of pyridine rings is 1. The SMILES string of the molecule is C=C(C)Cc1ccc(-c2cnc3[nH]c(C(=O)NCCCC)cc3c2)cc1C.C=O.C=O.Cc1cc(C2(C(C)(C)F)CC2)on1. The van der Waals surface area contributed by atoms with Gasteiger partial charge in [0.1, 0.15) is 36.3 Å². The molecule has 0 saturated heterocycles. The molecule has 1 amide bonds. The van der Waals surface area contributed by atoms with Gasteiger partial charge in [0, 0.05) is 29.8 Å². The van der Waals surface area contributed by atoms with E-state index in [1.165, 1.54) is 11.1 Å². The number of carbonyl (C=O) groups is 3. The standard InChI is InChI=1S/C23H27N3O.C10H14FNO.2CH2O/c1-5-6-9-24-23(27)21-13-19-12-20(14-25-22(19)26-21)18-8-7-17(10-15(2)3)16(4)11-18;1-7-6-8(13-12-7)10(4-5-10)9(2,3)11;2*1-2/h7-8,11-14H,2,5-6,9-10H2,1,3-4H3,(H,24,27)(H,25,26);6H,4-5H2,1-3H3;2*1H2. The zero-order valence-electron chi connectivity index (χ0n) is 26.8. The number of aryl methyl sites for hydroxylation is 2. The van der Waals surface area contributed by atoms with Gasteiger partial charge in [-0.15, -0.1) is 0 Å². The molecule has 3 heterocycles. The average Bonchev–Trinajstić information content (AvgIpc) is 3.54. The number of amides is 1. The van der Waals surface area contributed by atoms with Crippen LogP contribution in [0.5, 0.6) is 0 Å². The topological polar surface area (TPSA) is 118 Å². The first-order valence-electron chi connectivity index (χ1n) is 14.6. The van der Waals surface area contributed by atoms with Gasteiger partial charge in [-0.05, 0) is 89.1 Å². The molecule has 236 valence electrons. The number of hydrogen-bond acceptors (Lipinski definition) is 6. The first-order chi connectivity index (χ1) is 20.9. The number of aromatic amines is 1. The Bertz CT molecular complexity index is 1540. The first kappa shape index (κ1) is 35.8. The van der Waals surface area contributed by atoms with Crippen molar-refractivity contribution in [3.63, 3.8) is 0 Å². The minimum absolute atomic E-state index is 0.0806. The normalized spacial score (nSPS) is 12.9. The Balaban J connectivity index is 0.000000331. The fourth-order valence-electron chi connectivity index (χ4n) is 5.02. The van der Waals surface area contributed by atoms with E-state index in [1.807, 2.05) is 45.8 Å². The third-order valence-corrected chi connectivity index (χ3v) is 7.69. The van der Waals surface area contributed by atoms with Crippen LogP contribution in [0.15, 0.2) is 59.3 Å². The molecule has 5 rings (SSSR count). The summed E-state index contributed by atoms with van der Waals surface area (Å²) in [6.07, 6.45) is 6.52. The molecule has 1 saturated carbocycles. The Morgan fingerprint density at radius 3 is 2.30 bits per heavy atom. The fourth-order valence-corrected chi connectivity index (χ4v) is 5.02. The number of nitrogens with zero attached hydrogens (tertiary/aromatic N) is 2. The molecule has 0 atom stereocenters. The van der Waals surface area contributed by atoms with Gasteiger partial charge < -0.3 is 24.4 Å². The highest BCUT2D eigenvalue weighted by Crippen LogP contribution is 2.57. The van der Waals surface area contributed by atoms with Crippen LogP contribution in [-0.2, 0) is 21.4 Å². The van der Waals surface area contributed by atoms with E-state index >= 15 is 0 Å². The van der Waals surface area contributed by atoms with Crippen LogP contribution in [0.2, 0.25) is 0 Å². The van der Waals surface area contributed by atoms with E-state index in [4.69, 9.17) is 14.1 Å². The van der Waals surface area contributed by atoms with Crippen molar-refractivity contribution in [1.29, 1.82) is 0 Å². The number of hydrogen-bond donors (Lipinski definition) is 2. The van der Waals surface area contributed by atoms with E-state index in [2.05, 4.69) is 65.1 Å². The van der Waals surface area contributed by atoms with Gasteiger partial charge >= 0.3 is 0 Å². The molecule has 0 radical (unpaired) electrons. The summed E-state index contributed by atoms with van der Waals surface area (Å²) in [5, 5.41) is 7.67.